The molecule has 2 atom stereocenters. The van der Waals surface area contributed by atoms with Crippen molar-refractivity contribution in [1.82, 2.24) is 10.6 Å². The summed E-state index contributed by atoms with van der Waals surface area (Å²) in [5, 5.41) is 5.94. The molecule has 1 heterocycles. The minimum Gasteiger partial charge on any atom is -0.339 e. The van der Waals surface area contributed by atoms with Crippen molar-refractivity contribution in [3.63, 3.8) is 0 Å². The summed E-state index contributed by atoms with van der Waals surface area (Å²) in [4.78, 5) is 24.1. The minimum atomic E-state index is -0.476. The molecule has 5 heteroatoms. The highest BCUT2D eigenvalue weighted by Gasteiger charge is 2.32. The van der Waals surface area contributed by atoms with E-state index in [2.05, 4.69) is 10.6 Å². The van der Waals surface area contributed by atoms with Gasteiger partial charge in [0.05, 0.1) is 0 Å². The van der Waals surface area contributed by atoms with E-state index in [1.807, 2.05) is 26.0 Å². The van der Waals surface area contributed by atoms with E-state index in [1.54, 1.807) is 18.2 Å². The molecule has 1 saturated heterocycles. The highest BCUT2D eigenvalue weighted by molar-refractivity contribution is 6.32. The predicted molar refractivity (Wildman–Crippen MR) is 79.0 cm³/mol. The number of nitrogens with one attached hydrogen (secondary N) is 2. The van der Waals surface area contributed by atoms with Crippen LogP contribution in [0.25, 0.3) is 6.08 Å². The first-order valence-electron chi connectivity index (χ1n) is 6.61. The molecule has 1 aromatic carbocycles. The van der Waals surface area contributed by atoms with Crippen LogP contribution in [0.3, 0.4) is 0 Å². The maximum absolute atomic E-state index is 12.0. The van der Waals surface area contributed by atoms with Crippen molar-refractivity contribution in [2.75, 3.05) is 0 Å². The van der Waals surface area contributed by atoms with Crippen LogP contribution in [0.15, 0.2) is 30.0 Å². The van der Waals surface area contributed by atoms with E-state index in [0.717, 1.165) is 6.42 Å². The Hall–Kier alpha value is -1.81. The SMILES string of the molecule is CCC(C)[C@@H]1NC(=O)/C(=C/c2ccccc2Cl)NC1=O. The van der Waals surface area contributed by atoms with Crippen LogP contribution in [0.5, 0.6) is 0 Å². The second kappa shape index (κ2) is 6.09. The number of hydrogen-bond acceptors (Lipinski definition) is 2. The summed E-state index contributed by atoms with van der Waals surface area (Å²) in [7, 11) is 0. The Balaban J connectivity index is 2.23. The molecule has 1 unspecified atom stereocenters. The molecule has 0 aliphatic carbocycles. The highest BCUT2D eigenvalue weighted by atomic mass is 35.5. The Morgan fingerprint density at radius 1 is 1.35 bits per heavy atom. The zero-order valence-corrected chi connectivity index (χ0v) is 12.2. The standard InChI is InChI=1S/C15H17ClN2O2/c1-3-9(2)13-15(20)17-12(14(19)18-13)8-10-6-4-5-7-11(10)16/h4-9,13H,3H2,1-2H3,(H,17,20)(H,18,19)/b12-8-/t9?,13-/m0/s1. The van der Waals surface area contributed by atoms with Crippen LogP contribution in [-0.2, 0) is 9.59 Å². The lowest BCUT2D eigenvalue weighted by atomic mass is 9.96. The molecule has 0 radical (unpaired) electrons. The Kier molecular flexibility index (Phi) is 4.45. The van der Waals surface area contributed by atoms with Gasteiger partial charge in [0.2, 0.25) is 5.91 Å². The van der Waals surface area contributed by atoms with Gasteiger partial charge in [-0.3, -0.25) is 9.59 Å². The summed E-state index contributed by atoms with van der Waals surface area (Å²) in [6.45, 7) is 3.92. The monoisotopic (exact) mass is 292 g/mol. The maximum atomic E-state index is 12.0. The first-order chi connectivity index (χ1) is 9.52. The number of carbonyl (C=O) groups excluding carboxylic acids is 2. The molecule has 2 amide bonds. The van der Waals surface area contributed by atoms with Crippen LogP contribution in [0, 0.1) is 5.92 Å². The second-order valence-electron chi connectivity index (χ2n) is 4.91. The number of benzene rings is 1. The van der Waals surface area contributed by atoms with E-state index in [9.17, 15) is 9.59 Å². The van der Waals surface area contributed by atoms with Gasteiger partial charge < -0.3 is 10.6 Å². The third-order valence-electron chi connectivity index (χ3n) is 3.49. The fraction of sp³-hybridized carbons (Fsp3) is 0.333. The zero-order chi connectivity index (χ0) is 14.7. The van der Waals surface area contributed by atoms with Crippen LogP contribution < -0.4 is 10.6 Å². The molecule has 1 aromatic rings. The lowest BCUT2D eigenvalue weighted by molar-refractivity contribution is -0.132. The maximum Gasteiger partial charge on any atom is 0.268 e. The van der Waals surface area contributed by atoms with Gasteiger partial charge in [-0.25, -0.2) is 0 Å². The van der Waals surface area contributed by atoms with E-state index < -0.39 is 6.04 Å². The Morgan fingerprint density at radius 3 is 2.70 bits per heavy atom. The Labute approximate surface area is 123 Å². The molecule has 2 rings (SSSR count). The van der Waals surface area contributed by atoms with Gasteiger partial charge in [-0.05, 0) is 23.6 Å². The predicted octanol–water partition coefficient (Wildman–Crippen LogP) is 2.34. The van der Waals surface area contributed by atoms with Crippen molar-refractivity contribution in [1.29, 1.82) is 0 Å². The number of carbonyl (C=O) groups is 2. The number of amides is 2. The lowest BCUT2D eigenvalue weighted by Crippen LogP contribution is -2.57. The van der Waals surface area contributed by atoms with Gasteiger partial charge >= 0.3 is 0 Å². The van der Waals surface area contributed by atoms with E-state index in [0.29, 0.717) is 10.6 Å². The van der Waals surface area contributed by atoms with Crippen molar-refractivity contribution < 1.29 is 9.59 Å². The topological polar surface area (TPSA) is 58.2 Å². The van der Waals surface area contributed by atoms with E-state index in [4.69, 9.17) is 11.6 Å². The summed E-state index contributed by atoms with van der Waals surface area (Å²) in [6, 6.07) is 6.68. The molecule has 4 nitrogen and oxygen atoms in total. The highest BCUT2D eigenvalue weighted by Crippen LogP contribution is 2.19. The van der Waals surface area contributed by atoms with Crippen LogP contribution in [0.2, 0.25) is 5.02 Å². The van der Waals surface area contributed by atoms with Gasteiger partial charge in [0.1, 0.15) is 11.7 Å². The van der Waals surface area contributed by atoms with Crippen LogP contribution >= 0.6 is 11.6 Å². The fourth-order valence-corrected chi connectivity index (χ4v) is 2.23. The largest absolute Gasteiger partial charge is 0.339 e. The average molecular weight is 293 g/mol. The van der Waals surface area contributed by atoms with Gasteiger partial charge in [-0.15, -0.1) is 0 Å². The van der Waals surface area contributed by atoms with Crippen LogP contribution in [0.1, 0.15) is 25.8 Å². The summed E-state index contributed by atoms with van der Waals surface area (Å²) >= 11 is 6.04. The van der Waals surface area contributed by atoms with Crippen molar-refractivity contribution in [3.8, 4) is 0 Å². The minimum absolute atomic E-state index is 0.0980. The van der Waals surface area contributed by atoms with Gasteiger partial charge in [0, 0.05) is 5.02 Å². The third-order valence-corrected chi connectivity index (χ3v) is 3.83. The number of hydrogen-bond donors (Lipinski definition) is 2. The molecule has 1 aliphatic heterocycles. The summed E-state index contributed by atoms with van der Waals surface area (Å²) in [5.41, 5.74) is 0.921. The molecule has 2 N–H and O–H groups in total. The molecule has 0 bridgehead atoms. The average Bonchev–Trinajstić information content (AvgIpc) is 2.44. The number of rotatable bonds is 3. The smallest absolute Gasteiger partial charge is 0.268 e. The van der Waals surface area contributed by atoms with Crippen molar-refractivity contribution in [2.45, 2.75) is 26.3 Å². The molecule has 0 aromatic heterocycles. The van der Waals surface area contributed by atoms with Gasteiger partial charge in [0.25, 0.3) is 5.91 Å². The summed E-state index contributed by atoms with van der Waals surface area (Å²) < 4.78 is 0. The zero-order valence-electron chi connectivity index (χ0n) is 11.4. The molecule has 0 saturated carbocycles. The van der Waals surface area contributed by atoms with Gasteiger partial charge in [0.15, 0.2) is 0 Å². The molecule has 20 heavy (non-hydrogen) atoms. The van der Waals surface area contributed by atoms with Crippen molar-refractivity contribution >= 4 is 29.5 Å². The molecular weight excluding hydrogens is 276 g/mol. The first-order valence-corrected chi connectivity index (χ1v) is 6.98. The van der Waals surface area contributed by atoms with Gasteiger partial charge in [-0.2, -0.15) is 0 Å². The third kappa shape index (κ3) is 3.02. The molecule has 1 fully saturated rings. The first kappa shape index (κ1) is 14.6. The quantitative estimate of drug-likeness (QED) is 0.840. The lowest BCUT2D eigenvalue weighted by Gasteiger charge is -2.28. The molecule has 0 spiro atoms. The van der Waals surface area contributed by atoms with E-state index >= 15 is 0 Å². The molecule has 106 valence electrons. The molecule has 1 aliphatic rings. The van der Waals surface area contributed by atoms with Crippen molar-refractivity contribution in [3.05, 3.63) is 40.5 Å². The van der Waals surface area contributed by atoms with E-state index in [-0.39, 0.29) is 23.4 Å². The Morgan fingerprint density at radius 2 is 2.05 bits per heavy atom. The van der Waals surface area contributed by atoms with E-state index in [1.165, 1.54) is 0 Å². The molecular formula is C15H17ClN2O2. The summed E-state index contributed by atoms with van der Waals surface area (Å²) in [6.07, 6.45) is 2.41. The van der Waals surface area contributed by atoms with Crippen LogP contribution in [-0.4, -0.2) is 17.9 Å². The second-order valence-corrected chi connectivity index (χ2v) is 5.31. The summed E-state index contributed by atoms with van der Waals surface area (Å²) in [5.74, 6) is -0.368. The fourth-order valence-electron chi connectivity index (χ4n) is 2.04. The van der Waals surface area contributed by atoms with Crippen LogP contribution in [0.4, 0.5) is 0 Å². The van der Waals surface area contributed by atoms with Crippen molar-refractivity contribution in [2.24, 2.45) is 5.92 Å². The normalized spacial score (nSPS) is 22.4. The number of piperazine rings is 1. The van der Waals surface area contributed by atoms with Gasteiger partial charge in [-0.1, -0.05) is 50.1 Å². The Bertz CT molecular complexity index is 569. The number of halogens is 1.